The summed E-state index contributed by atoms with van der Waals surface area (Å²) in [5, 5.41) is 2.40. The van der Waals surface area contributed by atoms with E-state index in [1.54, 1.807) is 0 Å². The van der Waals surface area contributed by atoms with Crippen molar-refractivity contribution in [1.82, 2.24) is 0 Å². The Balaban J connectivity index is 1.65. The Labute approximate surface area is 139 Å². The molecule has 1 atom stereocenters. The quantitative estimate of drug-likeness (QED) is 0.453. The second kappa shape index (κ2) is 4.12. The smallest absolute Gasteiger partial charge is 0.135 e. The van der Waals surface area contributed by atoms with Crippen molar-refractivity contribution in [1.29, 1.82) is 0 Å². The zero-order valence-electron chi connectivity index (χ0n) is 13.4. The van der Waals surface area contributed by atoms with Crippen LogP contribution < -0.4 is 9.80 Å². The predicted molar refractivity (Wildman–Crippen MR) is 98.2 cm³/mol. The Morgan fingerprint density at radius 3 is 2.54 bits per heavy atom. The highest BCUT2D eigenvalue weighted by Crippen LogP contribution is 2.50. The Morgan fingerprint density at radius 1 is 0.833 bits per heavy atom. The van der Waals surface area contributed by atoms with E-state index < -0.39 is 0 Å². The van der Waals surface area contributed by atoms with Crippen molar-refractivity contribution in [2.24, 2.45) is 0 Å². The van der Waals surface area contributed by atoms with Gasteiger partial charge in [0.25, 0.3) is 0 Å². The average molecular weight is 312 g/mol. The van der Waals surface area contributed by atoms with Gasteiger partial charge in [-0.05, 0) is 35.9 Å². The van der Waals surface area contributed by atoms with Crippen LogP contribution in [0.4, 0.5) is 17.1 Å². The molecule has 0 saturated carbocycles. The average Bonchev–Trinajstić information content (AvgIpc) is 3.24. The fourth-order valence-electron chi connectivity index (χ4n) is 4.37. The lowest BCUT2D eigenvalue weighted by atomic mass is 10.1. The Morgan fingerprint density at radius 2 is 1.62 bits per heavy atom. The molecule has 0 amide bonds. The molecule has 0 saturated heterocycles. The van der Waals surface area contributed by atoms with Gasteiger partial charge >= 0.3 is 0 Å². The zero-order chi connectivity index (χ0) is 15.8. The molecule has 1 unspecified atom stereocenters. The van der Waals surface area contributed by atoms with E-state index in [-0.39, 0.29) is 0 Å². The van der Waals surface area contributed by atoms with Gasteiger partial charge in [-0.3, -0.25) is 0 Å². The maximum Gasteiger partial charge on any atom is 0.135 e. The first-order valence-electron chi connectivity index (χ1n) is 8.36. The van der Waals surface area contributed by atoms with Crippen LogP contribution in [0.1, 0.15) is 5.56 Å². The summed E-state index contributed by atoms with van der Waals surface area (Å²) in [5.74, 6) is 0. The first-order valence-corrected chi connectivity index (χ1v) is 8.36. The number of likely N-dealkylation sites (N-methyl/N-ethyl adjacent to an activating group) is 1. The van der Waals surface area contributed by atoms with Gasteiger partial charge in [-0.2, -0.15) is 0 Å². The van der Waals surface area contributed by atoms with Crippen molar-refractivity contribution in [2.45, 2.75) is 12.6 Å². The van der Waals surface area contributed by atoms with E-state index in [0.29, 0.717) is 6.17 Å². The standard InChI is InChI=1S/C21H16N2O/c1-22-16-7-3-4-8-17(16)23-18-12-15-14-6-2-5-9-19(14)24-20(15)10-13(18)11-21(22)23/h2-10,12,21H,11H2,1H3. The van der Waals surface area contributed by atoms with Gasteiger partial charge in [-0.1, -0.05) is 30.3 Å². The van der Waals surface area contributed by atoms with Crippen LogP contribution >= 0.6 is 0 Å². The molecule has 1 aromatic heterocycles. The molecular formula is C21H16N2O. The summed E-state index contributed by atoms with van der Waals surface area (Å²) in [6.07, 6.45) is 1.39. The minimum absolute atomic E-state index is 0.371. The fraction of sp³-hybridized carbons (Fsp3) is 0.143. The molecule has 4 aromatic rings. The van der Waals surface area contributed by atoms with Crippen molar-refractivity contribution in [3.63, 3.8) is 0 Å². The van der Waals surface area contributed by atoms with Gasteiger partial charge in [-0.25, -0.2) is 0 Å². The van der Waals surface area contributed by atoms with Gasteiger partial charge in [0.15, 0.2) is 0 Å². The number of rotatable bonds is 0. The molecule has 0 radical (unpaired) electrons. The van der Waals surface area contributed by atoms with Crippen LogP contribution in [0.3, 0.4) is 0 Å². The highest BCUT2D eigenvalue weighted by molar-refractivity contribution is 6.07. The van der Waals surface area contributed by atoms with Crippen LogP contribution in [-0.4, -0.2) is 13.2 Å². The van der Waals surface area contributed by atoms with Gasteiger partial charge in [0.1, 0.15) is 17.3 Å². The fourth-order valence-corrected chi connectivity index (χ4v) is 4.37. The summed E-state index contributed by atoms with van der Waals surface area (Å²) in [4.78, 5) is 4.86. The highest BCUT2D eigenvalue weighted by atomic mass is 16.3. The second-order valence-electron chi connectivity index (χ2n) is 6.73. The summed E-state index contributed by atoms with van der Waals surface area (Å²) in [5.41, 5.74) is 7.25. The largest absolute Gasteiger partial charge is 0.456 e. The molecule has 3 heterocycles. The number of para-hydroxylation sites is 3. The minimum atomic E-state index is 0.371. The molecule has 24 heavy (non-hydrogen) atoms. The van der Waals surface area contributed by atoms with Gasteiger partial charge in [0.2, 0.25) is 0 Å². The molecule has 116 valence electrons. The lowest BCUT2D eigenvalue weighted by molar-refractivity contribution is 0.667. The van der Waals surface area contributed by atoms with Gasteiger partial charge in [-0.15, -0.1) is 0 Å². The summed E-state index contributed by atoms with van der Waals surface area (Å²) >= 11 is 0. The van der Waals surface area contributed by atoms with Crippen molar-refractivity contribution in [3.05, 3.63) is 66.2 Å². The molecule has 0 spiro atoms. The molecule has 0 fully saturated rings. The van der Waals surface area contributed by atoms with Crippen LogP contribution in [0.25, 0.3) is 21.9 Å². The number of hydrogen-bond acceptors (Lipinski definition) is 3. The van der Waals surface area contributed by atoms with Gasteiger partial charge in [0, 0.05) is 29.9 Å². The number of fused-ring (bicyclic) bond motifs is 8. The summed E-state index contributed by atoms with van der Waals surface area (Å²) in [6.45, 7) is 0. The van der Waals surface area contributed by atoms with E-state index in [1.807, 2.05) is 12.1 Å². The van der Waals surface area contributed by atoms with Crippen LogP contribution in [0.2, 0.25) is 0 Å². The van der Waals surface area contributed by atoms with E-state index in [0.717, 1.165) is 17.6 Å². The van der Waals surface area contributed by atoms with E-state index in [1.165, 1.54) is 33.4 Å². The van der Waals surface area contributed by atoms with E-state index in [9.17, 15) is 0 Å². The maximum absolute atomic E-state index is 6.06. The first-order chi connectivity index (χ1) is 11.8. The third-order valence-electron chi connectivity index (χ3n) is 5.51. The first kappa shape index (κ1) is 12.5. The Bertz CT molecular complexity index is 1130. The molecule has 0 N–H and O–H groups in total. The summed E-state index contributed by atoms with van der Waals surface area (Å²) in [6, 6.07) is 21.5. The SMILES string of the molecule is CN1c2ccccc2N2c3cc4c(cc3CC12)oc1ccccc14. The van der Waals surface area contributed by atoms with Crippen molar-refractivity contribution in [3.8, 4) is 0 Å². The minimum Gasteiger partial charge on any atom is -0.456 e. The van der Waals surface area contributed by atoms with Crippen molar-refractivity contribution >= 4 is 39.0 Å². The summed E-state index contributed by atoms with van der Waals surface area (Å²) in [7, 11) is 2.19. The lowest BCUT2D eigenvalue weighted by Gasteiger charge is -2.23. The van der Waals surface area contributed by atoms with Crippen molar-refractivity contribution in [2.75, 3.05) is 16.8 Å². The maximum atomic E-state index is 6.06. The molecule has 0 aliphatic carbocycles. The molecule has 2 aliphatic heterocycles. The third-order valence-corrected chi connectivity index (χ3v) is 5.51. The van der Waals surface area contributed by atoms with Gasteiger partial charge in [0.05, 0.1) is 11.4 Å². The van der Waals surface area contributed by atoms with Crippen LogP contribution in [0.5, 0.6) is 0 Å². The number of hydrogen-bond donors (Lipinski definition) is 0. The molecule has 0 bridgehead atoms. The molecule has 2 aliphatic rings. The molecule has 3 aromatic carbocycles. The van der Waals surface area contributed by atoms with Crippen molar-refractivity contribution < 1.29 is 4.42 Å². The van der Waals surface area contributed by atoms with E-state index in [4.69, 9.17) is 4.42 Å². The third kappa shape index (κ3) is 1.38. The van der Waals surface area contributed by atoms with E-state index >= 15 is 0 Å². The summed E-state index contributed by atoms with van der Waals surface area (Å²) < 4.78 is 6.06. The number of benzene rings is 3. The second-order valence-corrected chi connectivity index (χ2v) is 6.73. The molecular weight excluding hydrogens is 296 g/mol. The zero-order valence-corrected chi connectivity index (χ0v) is 13.4. The Kier molecular flexibility index (Phi) is 2.14. The molecule has 6 rings (SSSR count). The molecule has 3 nitrogen and oxygen atoms in total. The topological polar surface area (TPSA) is 19.6 Å². The molecule has 3 heteroatoms. The van der Waals surface area contributed by atoms with E-state index in [2.05, 4.69) is 65.4 Å². The van der Waals surface area contributed by atoms with Gasteiger partial charge < -0.3 is 14.2 Å². The van der Waals surface area contributed by atoms with Crippen LogP contribution in [-0.2, 0) is 6.42 Å². The number of furan rings is 1. The Hall–Kier alpha value is -2.94. The lowest BCUT2D eigenvalue weighted by Crippen LogP contribution is -2.35. The number of nitrogens with zero attached hydrogens (tertiary/aromatic N) is 2. The predicted octanol–water partition coefficient (Wildman–Crippen LogP) is 5.06. The number of anilines is 3. The monoisotopic (exact) mass is 312 g/mol. The highest BCUT2D eigenvalue weighted by Gasteiger charge is 2.40. The normalized spacial score (nSPS) is 18.3. The van der Waals surface area contributed by atoms with Crippen LogP contribution in [0.15, 0.2) is 65.1 Å². The van der Waals surface area contributed by atoms with Crippen LogP contribution in [0, 0.1) is 0 Å².